The van der Waals surface area contributed by atoms with Gasteiger partial charge in [0.15, 0.2) is 0 Å². The monoisotopic (exact) mass is 192 g/mol. The van der Waals surface area contributed by atoms with Gasteiger partial charge < -0.3 is 10.1 Å². The fourth-order valence-corrected chi connectivity index (χ4v) is 1.83. The van der Waals surface area contributed by atoms with Crippen LogP contribution in [0, 0.1) is 0 Å². The van der Waals surface area contributed by atoms with Gasteiger partial charge in [0.25, 0.3) is 0 Å². The Balaban J connectivity index is 2.20. The molecule has 0 bridgehead atoms. The van der Waals surface area contributed by atoms with Crippen molar-refractivity contribution in [3.8, 4) is 0 Å². The van der Waals surface area contributed by atoms with Crippen molar-refractivity contribution in [1.29, 1.82) is 0 Å². The first-order valence-electron chi connectivity index (χ1n) is 5.11. The van der Waals surface area contributed by atoms with Crippen LogP contribution in [0.15, 0.2) is 35.6 Å². The molecule has 1 heterocycles. The molecule has 0 aromatic heterocycles. The van der Waals surface area contributed by atoms with Gasteiger partial charge in [-0.15, -0.1) is 0 Å². The van der Waals surface area contributed by atoms with E-state index >= 15 is 0 Å². The molecule has 3 heteroatoms. The maximum absolute atomic E-state index is 8.95. The van der Waals surface area contributed by atoms with Gasteiger partial charge in [0.05, 0.1) is 18.8 Å². The predicted octanol–water partition coefficient (Wildman–Crippen LogP) is 0.959. The standard InChI is InChI=1S/C11H16N2O/c14-9-8-13-11-6-2-1-4-10(11)5-3-7-12-13/h1,4-6,12,14H,2-3,7-9H2. The zero-order valence-corrected chi connectivity index (χ0v) is 8.24. The molecule has 2 N–H and O–H groups in total. The molecular weight excluding hydrogens is 176 g/mol. The Morgan fingerprint density at radius 2 is 2.36 bits per heavy atom. The van der Waals surface area contributed by atoms with Crippen molar-refractivity contribution in [1.82, 2.24) is 10.4 Å². The number of fused-ring (bicyclic) bond motifs is 1. The van der Waals surface area contributed by atoms with Crippen LogP contribution in [0.4, 0.5) is 0 Å². The average Bonchev–Trinajstić information content (AvgIpc) is 2.42. The van der Waals surface area contributed by atoms with E-state index < -0.39 is 0 Å². The Labute approximate surface area is 84.4 Å². The normalized spacial score (nSPS) is 21.1. The molecule has 0 atom stereocenters. The van der Waals surface area contributed by atoms with Gasteiger partial charge in [-0.2, -0.15) is 0 Å². The van der Waals surface area contributed by atoms with Crippen molar-refractivity contribution < 1.29 is 5.11 Å². The molecule has 0 amide bonds. The van der Waals surface area contributed by atoms with Crippen LogP contribution in [0.5, 0.6) is 0 Å². The third-order valence-electron chi connectivity index (χ3n) is 2.47. The number of nitrogens with one attached hydrogen (secondary N) is 1. The van der Waals surface area contributed by atoms with Gasteiger partial charge >= 0.3 is 0 Å². The number of β-amino-alcohol motifs (C(OH)–C–C–N with tert-alkyl or cyclic N) is 1. The molecule has 0 radical (unpaired) electrons. The second-order valence-electron chi connectivity index (χ2n) is 3.46. The maximum atomic E-state index is 8.95. The third kappa shape index (κ3) is 1.89. The zero-order chi connectivity index (χ0) is 9.80. The number of allylic oxidation sites excluding steroid dienone is 3. The maximum Gasteiger partial charge on any atom is 0.0622 e. The van der Waals surface area contributed by atoms with Gasteiger partial charge in [0, 0.05) is 6.54 Å². The zero-order valence-electron chi connectivity index (χ0n) is 8.24. The van der Waals surface area contributed by atoms with E-state index in [1.807, 2.05) is 5.01 Å². The van der Waals surface area contributed by atoms with Crippen molar-refractivity contribution in [2.45, 2.75) is 12.8 Å². The van der Waals surface area contributed by atoms with Gasteiger partial charge in [0.1, 0.15) is 0 Å². The molecule has 1 aliphatic heterocycles. The lowest BCUT2D eigenvalue weighted by atomic mass is 10.0. The number of aliphatic hydroxyl groups is 1. The lowest BCUT2D eigenvalue weighted by Crippen LogP contribution is -2.39. The van der Waals surface area contributed by atoms with E-state index in [4.69, 9.17) is 5.11 Å². The molecule has 14 heavy (non-hydrogen) atoms. The van der Waals surface area contributed by atoms with Crippen LogP contribution in [0.2, 0.25) is 0 Å². The smallest absolute Gasteiger partial charge is 0.0622 e. The minimum atomic E-state index is 0.182. The van der Waals surface area contributed by atoms with E-state index in [1.165, 1.54) is 11.3 Å². The summed E-state index contributed by atoms with van der Waals surface area (Å²) in [4.78, 5) is 0. The first-order chi connectivity index (χ1) is 6.92. The fourth-order valence-electron chi connectivity index (χ4n) is 1.83. The molecule has 0 unspecified atom stereocenters. The van der Waals surface area contributed by atoms with Crippen LogP contribution in [0.25, 0.3) is 0 Å². The highest BCUT2D eigenvalue weighted by Crippen LogP contribution is 2.22. The first-order valence-corrected chi connectivity index (χ1v) is 5.11. The van der Waals surface area contributed by atoms with Gasteiger partial charge in [-0.3, -0.25) is 0 Å². The Morgan fingerprint density at radius 3 is 3.21 bits per heavy atom. The summed E-state index contributed by atoms with van der Waals surface area (Å²) in [5.74, 6) is 0. The minimum absolute atomic E-state index is 0.182. The van der Waals surface area contributed by atoms with E-state index in [9.17, 15) is 0 Å². The first kappa shape index (κ1) is 9.49. The molecule has 3 nitrogen and oxygen atoms in total. The Hall–Kier alpha value is -1.06. The molecule has 0 fully saturated rings. The number of hydrogen-bond donors (Lipinski definition) is 2. The Morgan fingerprint density at radius 1 is 1.43 bits per heavy atom. The molecule has 2 aliphatic rings. The molecule has 0 saturated carbocycles. The van der Waals surface area contributed by atoms with Gasteiger partial charge in [-0.25, -0.2) is 5.43 Å². The summed E-state index contributed by atoms with van der Waals surface area (Å²) < 4.78 is 0. The van der Waals surface area contributed by atoms with E-state index in [-0.39, 0.29) is 6.61 Å². The van der Waals surface area contributed by atoms with Crippen molar-refractivity contribution >= 4 is 0 Å². The van der Waals surface area contributed by atoms with Gasteiger partial charge in [-0.05, 0) is 18.4 Å². The largest absolute Gasteiger partial charge is 0.394 e. The van der Waals surface area contributed by atoms with E-state index in [2.05, 4.69) is 29.7 Å². The SMILES string of the molecule is OCCN1NCCC=C2C=CCC=C21. The lowest BCUT2D eigenvalue weighted by molar-refractivity contribution is 0.187. The van der Waals surface area contributed by atoms with Crippen LogP contribution in [-0.4, -0.2) is 29.8 Å². The molecule has 76 valence electrons. The summed E-state index contributed by atoms with van der Waals surface area (Å²) in [6.07, 6.45) is 10.8. The molecular formula is C11H16N2O. The van der Waals surface area contributed by atoms with Crippen molar-refractivity contribution in [2.24, 2.45) is 0 Å². The van der Waals surface area contributed by atoms with Crippen LogP contribution >= 0.6 is 0 Å². The number of hydrogen-bond acceptors (Lipinski definition) is 3. The van der Waals surface area contributed by atoms with Crippen LogP contribution in [-0.2, 0) is 0 Å². The quantitative estimate of drug-likeness (QED) is 0.684. The van der Waals surface area contributed by atoms with E-state index in [0.29, 0.717) is 6.54 Å². The van der Waals surface area contributed by atoms with E-state index in [1.54, 1.807) is 0 Å². The Bertz CT molecular complexity index is 292. The number of hydrazine groups is 1. The van der Waals surface area contributed by atoms with Gasteiger partial charge in [0.2, 0.25) is 0 Å². The van der Waals surface area contributed by atoms with Crippen molar-refractivity contribution in [3.05, 3.63) is 35.6 Å². The number of aliphatic hydroxyl groups excluding tert-OH is 1. The summed E-state index contributed by atoms with van der Waals surface area (Å²) in [6.45, 7) is 1.77. The van der Waals surface area contributed by atoms with Crippen LogP contribution in [0.3, 0.4) is 0 Å². The molecule has 0 saturated heterocycles. The molecule has 2 rings (SSSR count). The highest BCUT2D eigenvalue weighted by Gasteiger charge is 2.15. The molecule has 0 aromatic rings. The highest BCUT2D eigenvalue weighted by atomic mass is 16.3. The summed E-state index contributed by atoms with van der Waals surface area (Å²) in [5.41, 5.74) is 5.78. The number of rotatable bonds is 2. The van der Waals surface area contributed by atoms with Gasteiger partial charge in [-0.1, -0.05) is 24.3 Å². The third-order valence-corrected chi connectivity index (χ3v) is 2.47. The molecule has 0 spiro atoms. The predicted molar refractivity (Wildman–Crippen MR) is 56.3 cm³/mol. The van der Waals surface area contributed by atoms with E-state index in [0.717, 1.165) is 19.4 Å². The molecule has 1 aliphatic carbocycles. The van der Waals surface area contributed by atoms with Crippen molar-refractivity contribution in [3.63, 3.8) is 0 Å². The topological polar surface area (TPSA) is 35.5 Å². The van der Waals surface area contributed by atoms with Crippen LogP contribution in [0.1, 0.15) is 12.8 Å². The van der Waals surface area contributed by atoms with Crippen molar-refractivity contribution in [2.75, 3.05) is 19.7 Å². The summed E-state index contributed by atoms with van der Waals surface area (Å²) >= 11 is 0. The van der Waals surface area contributed by atoms with Crippen LogP contribution < -0.4 is 5.43 Å². The lowest BCUT2D eigenvalue weighted by Gasteiger charge is -2.27. The second-order valence-corrected chi connectivity index (χ2v) is 3.46. The Kier molecular flexibility index (Phi) is 3.01. The average molecular weight is 192 g/mol. The minimum Gasteiger partial charge on any atom is -0.394 e. The fraction of sp³-hybridized carbons (Fsp3) is 0.455. The number of nitrogens with zero attached hydrogens (tertiary/aromatic N) is 1. The second kappa shape index (κ2) is 4.44. The summed E-state index contributed by atoms with van der Waals surface area (Å²) in [5, 5.41) is 11.0. The highest BCUT2D eigenvalue weighted by molar-refractivity contribution is 5.42. The summed E-state index contributed by atoms with van der Waals surface area (Å²) in [7, 11) is 0. The summed E-state index contributed by atoms with van der Waals surface area (Å²) in [6, 6.07) is 0. The molecule has 0 aromatic carbocycles.